The topological polar surface area (TPSA) is 83.3 Å². The quantitative estimate of drug-likeness (QED) is 0.501. The van der Waals surface area contributed by atoms with Gasteiger partial charge in [-0.2, -0.15) is 4.98 Å². The molecule has 2 N–H and O–H groups in total. The highest BCUT2D eigenvalue weighted by Crippen LogP contribution is 2.32. The number of aliphatic hydroxyl groups is 1. The smallest absolute Gasteiger partial charge is 0.271 e. The van der Waals surface area contributed by atoms with Gasteiger partial charge in [0.05, 0.1) is 6.61 Å². The van der Waals surface area contributed by atoms with Gasteiger partial charge in [-0.3, -0.25) is 9.36 Å². The summed E-state index contributed by atoms with van der Waals surface area (Å²) in [4.78, 5) is 23.0. The third kappa shape index (κ3) is 4.87. The highest BCUT2D eigenvalue weighted by atomic mass is 35.5. The lowest BCUT2D eigenvalue weighted by Crippen LogP contribution is -2.25. The Hall–Kier alpha value is -2.13. The van der Waals surface area contributed by atoms with E-state index in [0.29, 0.717) is 18.1 Å². The van der Waals surface area contributed by atoms with E-state index in [1.54, 1.807) is 28.8 Å². The van der Waals surface area contributed by atoms with Crippen LogP contribution < -0.4 is 10.9 Å². The Balaban J connectivity index is 1.64. The predicted octanol–water partition coefficient (Wildman–Crippen LogP) is 4.54. The Kier molecular flexibility index (Phi) is 6.81. The molecule has 2 heterocycles. The number of nitrogens with zero attached hydrogens (tertiary/aromatic N) is 4. The zero-order chi connectivity index (χ0) is 22.0. The van der Waals surface area contributed by atoms with Crippen molar-refractivity contribution in [2.75, 3.05) is 25.5 Å². The van der Waals surface area contributed by atoms with Crippen LogP contribution in [-0.4, -0.2) is 44.1 Å². The van der Waals surface area contributed by atoms with Crippen molar-refractivity contribution in [3.8, 4) is 0 Å². The Bertz CT molecular complexity index is 1150. The van der Waals surface area contributed by atoms with Crippen molar-refractivity contribution in [3.05, 3.63) is 51.4 Å². The lowest BCUT2D eigenvalue weighted by Gasteiger charge is -2.17. The minimum absolute atomic E-state index is 0.124. The van der Waals surface area contributed by atoms with E-state index in [1.807, 2.05) is 30.4 Å². The molecule has 9 heteroatoms. The fraction of sp³-hybridized carbons (Fsp3) is 0.409. The number of hydrogen-bond acceptors (Lipinski definition) is 7. The summed E-state index contributed by atoms with van der Waals surface area (Å²) >= 11 is 7.79. The molecule has 164 valence electrons. The predicted molar refractivity (Wildman–Crippen MR) is 126 cm³/mol. The third-order valence-corrected chi connectivity index (χ3v) is 6.77. The molecule has 0 amide bonds. The molecule has 31 heavy (non-hydrogen) atoms. The number of benzene rings is 1. The molecule has 1 fully saturated rings. The molecule has 2 aromatic heterocycles. The SMILES string of the molecule is Cc1cc(SN(C)CCO)ccc1Nc1ncc2cc(Cl)c(=O)n(C3CCCC3)c2n1. The first-order valence-electron chi connectivity index (χ1n) is 10.4. The van der Waals surface area contributed by atoms with Crippen molar-refractivity contribution in [1.29, 1.82) is 0 Å². The molecule has 0 aliphatic heterocycles. The first-order chi connectivity index (χ1) is 15.0. The van der Waals surface area contributed by atoms with Crippen molar-refractivity contribution >= 4 is 46.2 Å². The van der Waals surface area contributed by atoms with Gasteiger partial charge in [-0.1, -0.05) is 24.4 Å². The van der Waals surface area contributed by atoms with Gasteiger partial charge in [0.15, 0.2) is 0 Å². The lowest BCUT2D eigenvalue weighted by molar-refractivity contribution is 0.273. The molecule has 1 aliphatic carbocycles. The molecule has 0 saturated heterocycles. The summed E-state index contributed by atoms with van der Waals surface area (Å²) in [6.07, 6.45) is 5.86. The van der Waals surface area contributed by atoms with Crippen LogP contribution in [0.4, 0.5) is 11.6 Å². The van der Waals surface area contributed by atoms with E-state index in [9.17, 15) is 4.79 Å². The van der Waals surface area contributed by atoms with E-state index in [4.69, 9.17) is 21.7 Å². The number of anilines is 2. The fourth-order valence-electron chi connectivity index (χ4n) is 3.97. The van der Waals surface area contributed by atoms with Crippen LogP contribution in [0.5, 0.6) is 0 Å². The summed E-state index contributed by atoms with van der Waals surface area (Å²) in [6.45, 7) is 2.74. The number of hydrogen-bond donors (Lipinski definition) is 2. The summed E-state index contributed by atoms with van der Waals surface area (Å²) in [6, 6.07) is 7.86. The minimum atomic E-state index is -0.185. The molecule has 0 radical (unpaired) electrons. The highest BCUT2D eigenvalue weighted by Gasteiger charge is 2.22. The second-order valence-electron chi connectivity index (χ2n) is 7.85. The van der Waals surface area contributed by atoms with Crippen molar-refractivity contribution < 1.29 is 5.11 Å². The highest BCUT2D eigenvalue weighted by molar-refractivity contribution is 7.97. The average Bonchev–Trinajstić information content (AvgIpc) is 3.26. The van der Waals surface area contributed by atoms with Gasteiger partial charge in [-0.25, -0.2) is 9.29 Å². The van der Waals surface area contributed by atoms with Crippen LogP contribution in [0.15, 0.2) is 40.2 Å². The number of rotatable bonds is 7. The number of aliphatic hydroxyl groups excluding tert-OH is 1. The van der Waals surface area contributed by atoms with Crippen LogP contribution in [0.2, 0.25) is 5.02 Å². The molecular weight excluding hydrogens is 434 g/mol. The Morgan fingerprint density at radius 2 is 2.10 bits per heavy atom. The zero-order valence-electron chi connectivity index (χ0n) is 17.6. The standard InChI is InChI=1S/C22H26ClN5O2S/c1-14-11-17(31-27(2)9-10-29)7-8-19(14)25-22-24-13-15-12-18(23)21(30)28(20(15)26-22)16-5-3-4-6-16/h7-8,11-13,16,29H,3-6,9-10H2,1-2H3,(H,24,25,26). The normalized spacial score (nSPS) is 14.6. The molecule has 7 nitrogen and oxygen atoms in total. The molecular formula is C22H26ClN5O2S. The van der Waals surface area contributed by atoms with Crippen LogP contribution in [0.3, 0.4) is 0 Å². The number of nitrogens with one attached hydrogen (secondary N) is 1. The molecule has 0 bridgehead atoms. The maximum atomic E-state index is 12.8. The van der Waals surface area contributed by atoms with Gasteiger partial charge < -0.3 is 10.4 Å². The summed E-state index contributed by atoms with van der Waals surface area (Å²) in [7, 11) is 1.95. The van der Waals surface area contributed by atoms with Crippen molar-refractivity contribution in [1.82, 2.24) is 18.8 Å². The van der Waals surface area contributed by atoms with Gasteiger partial charge in [0.1, 0.15) is 10.7 Å². The first kappa shape index (κ1) is 22.1. The minimum Gasteiger partial charge on any atom is -0.395 e. The molecule has 1 aliphatic rings. The van der Waals surface area contributed by atoms with Crippen molar-refractivity contribution in [3.63, 3.8) is 0 Å². The molecule has 4 rings (SSSR count). The largest absolute Gasteiger partial charge is 0.395 e. The van der Waals surface area contributed by atoms with Crippen LogP contribution in [-0.2, 0) is 0 Å². The zero-order valence-corrected chi connectivity index (χ0v) is 19.2. The van der Waals surface area contributed by atoms with Crippen LogP contribution in [0.25, 0.3) is 11.0 Å². The van der Waals surface area contributed by atoms with E-state index in [0.717, 1.165) is 47.2 Å². The molecule has 3 aromatic rings. The van der Waals surface area contributed by atoms with Gasteiger partial charge in [0.25, 0.3) is 5.56 Å². The van der Waals surface area contributed by atoms with Crippen molar-refractivity contribution in [2.45, 2.75) is 43.5 Å². The summed E-state index contributed by atoms with van der Waals surface area (Å²) in [5.74, 6) is 0.446. The van der Waals surface area contributed by atoms with E-state index in [2.05, 4.69) is 16.4 Å². The second kappa shape index (κ2) is 9.56. The number of likely N-dealkylation sites (N-methyl/N-ethyl adjacent to an activating group) is 1. The number of fused-ring (bicyclic) bond motifs is 1. The lowest BCUT2D eigenvalue weighted by atomic mass is 10.2. The molecule has 0 spiro atoms. The number of halogens is 1. The van der Waals surface area contributed by atoms with Crippen LogP contribution in [0.1, 0.15) is 37.3 Å². The number of pyridine rings is 1. The van der Waals surface area contributed by atoms with Crippen LogP contribution >= 0.6 is 23.5 Å². The molecule has 1 saturated carbocycles. The first-order valence-corrected chi connectivity index (χ1v) is 11.6. The van der Waals surface area contributed by atoms with E-state index in [1.165, 1.54) is 0 Å². The maximum Gasteiger partial charge on any atom is 0.271 e. The molecule has 0 unspecified atom stereocenters. The maximum absolute atomic E-state index is 12.8. The third-order valence-electron chi connectivity index (χ3n) is 5.54. The molecule has 1 aromatic carbocycles. The van der Waals surface area contributed by atoms with E-state index < -0.39 is 0 Å². The van der Waals surface area contributed by atoms with Gasteiger partial charge in [0.2, 0.25) is 5.95 Å². The van der Waals surface area contributed by atoms with Crippen molar-refractivity contribution in [2.24, 2.45) is 0 Å². The van der Waals surface area contributed by atoms with Crippen LogP contribution in [0, 0.1) is 6.92 Å². The summed E-state index contributed by atoms with van der Waals surface area (Å²) in [5.41, 5.74) is 2.39. The van der Waals surface area contributed by atoms with E-state index in [-0.39, 0.29) is 23.2 Å². The number of aromatic nitrogens is 3. The number of aryl methyl sites for hydroxylation is 1. The Morgan fingerprint density at radius 1 is 1.32 bits per heavy atom. The molecule has 0 atom stereocenters. The van der Waals surface area contributed by atoms with E-state index >= 15 is 0 Å². The fourth-order valence-corrected chi connectivity index (χ4v) is 5.07. The van der Waals surface area contributed by atoms with Gasteiger partial charge in [-0.15, -0.1) is 0 Å². The Labute approximate surface area is 190 Å². The Morgan fingerprint density at radius 3 is 2.81 bits per heavy atom. The monoisotopic (exact) mass is 459 g/mol. The second-order valence-corrected chi connectivity index (χ2v) is 9.53. The van der Waals surface area contributed by atoms with Gasteiger partial charge in [0, 0.05) is 34.8 Å². The van der Waals surface area contributed by atoms with Gasteiger partial charge in [-0.05, 0) is 68.6 Å². The summed E-state index contributed by atoms with van der Waals surface area (Å²) in [5, 5.41) is 13.3. The van der Waals surface area contributed by atoms with Gasteiger partial charge >= 0.3 is 0 Å². The summed E-state index contributed by atoms with van der Waals surface area (Å²) < 4.78 is 3.74. The average molecular weight is 460 g/mol.